The molecule has 0 saturated carbocycles. The number of nitrogens with one attached hydrogen (secondary N) is 2. The minimum absolute atomic E-state index is 0.122. The van der Waals surface area contributed by atoms with E-state index in [9.17, 15) is 4.79 Å². The zero-order chi connectivity index (χ0) is 11.0. The molecule has 1 unspecified atom stereocenters. The molecule has 0 heterocycles. The lowest BCUT2D eigenvalue weighted by molar-refractivity contribution is 0.233. The number of hydrogen-bond acceptors (Lipinski definition) is 2. The standard InChI is InChI=1S/C10H22N2O2/c1-8(2)6-11-10(14)12-7-9(3)4-5-13/h8-9,13H,4-7H2,1-3H3,(H2,11,12,14). The van der Waals surface area contributed by atoms with Gasteiger partial charge in [0.2, 0.25) is 0 Å². The van der Waals surface area contributed by atoms with E-state index in [0.29, 0.717) is 24.9 Å². The molecule has 0 aromatic heterocycles. The molecular formula is C10H22N2O2. The molecule has 0 aliphatic rings. The summed E-state index contributed by atoms with van der Waals surface area (Å²) in [6.07, 6.45) is 0.727. The fourth-order valence-corrected chi connectivity index (χ4v) is 0.949. The Morgan fingerprint density at radius 2 is 1.79 bits per heavy atom. The molecule has 0 fully saturated rings. The summed E-state index contributed by atoms with van der Waals surface area (Å²) >= 11 is 0. The Hall–Kier alpha value is -0.770. The number of rotatable bonds is 6. The first-order valence-electron chi connectivity index (χ1n) is 5.18. The van der Waals surface area contributed by atoms with Crippen LogP contribution in [-0.4, -0.2) is 30.8 Å². The lowest BCUT2D eigenvalue weighted by Crippen LogP contribution is -2.39. The summed E-state index contributed by atoms with van der Waals surface area (Å²) in [6.45, 7) is 7.59. The summed E-state index contributed by atoms with van der Waals surface area (Å²) < 4.78 is 0. The predicted molar refractivity (Wildman–Crippen MR) is 57.1 cm³/mol. The van der Waals surface area contributed by atoms with Crippen LogP contribution in [0.5, 0.6) is 0 Å². The van der Waals surface area contributed by atoms with Crippen LogP contribution in [0.4, 0.5) is 4.79 Å². The van der Waals surface area contributed by atoms with Crippen LogP contribution in [0.1, 0.15) is 27.2 Å². The van der Waals surface area contributed by atoms with Gasteiger partial charge in [0.25, 0.3) is 0 Å². The van der Waals surface area contributed by atoms with Crippen molar-refractivity contribution in [2.24, 2.45) is 11.8 Å². The van der Waals surface area contributed by atoms with Crippen molar-refractivity contribution in [2.75, 3.05) is 19.7 Å². The number of carbonyl (C=O) groups excluding carboxylic acids is 1. The Kier molecular flexibility index (Phi) is 7.20. The van der Waals surface area contributed by atoms with E-state index in [2.05, 4.69) is 24.5 Å². The molecule has 14 heavy (non-hydrogen) atoms. The summed E-state index contributed by atoms with van der Waals surface area (Å²) in [5.41, 5.74) is 0. The van der Waals surface area contributed by atoms with Crippen molar-refractivity contribution < 1.29 is 9.90 Å². The summed E-state index contributed by atoms with van der Waals surface area (Å²) in [5.74, 6) is 0.792. The van der Waals surface area contributed by atoms with Gasteiger partial charge < -0.3 is 15.7 Å². The highest BCUT2D eigenvalue weighted by Gasteiger charge is 2.04. The Balaban J connectivity index is 3.43. The van der Waals surface area contributed by atoms with Crippen molar-refractivity contribution in [3.63, 3.8) is 0 Å². The number of carbonyl (C=O) groups is 1. The maximum atomic E-state index is 11.2. The highest BCUT2D eigenvalue weighted by Crippen LogP contribution is 1.97. The van der Waals surface area contributed by atoms with Crippen LogP contribution in [0.2, 0.25) is 0 Å². The third-order valence-corrected chi connectivity index (χ3v) is 1.90. The molecule has 1 atom stereocenters. The van der Waals surface area contributed by atoms with E-state index in [-0.39, 0.29) is 12.6 Å². The highest BCUT2D eigenvalue weighted by molar-refractivity contribution is 5.73. The van der Waals surface area contributed by atoms with Crippen molar-refractivity contribution in [3.8, 4) is 0 Å². The van der Waals surface area contributed by atoms with Gasteiger partial charge in [0.1, 0.15) is 0 Å². The number of aliphatic hydroxyl groups excluding tert-OH is 1. The van der Waals surface area contributed by atoms with Gasteiger partial charge in [-0.15, -0.1) is 0 Å². The molecule has 4 nitrogen and oxygen atoms in total. The zero-order valence-electron chi connectivity index (χ0n) is 9.34. The van der Waals surface area contributed by atoms with Crippen LogP contribution in [0.3, 0.4) is 0 Å². The third-order valence-electron chi connectivity index (χ3n) is 1.90. The van der Waals surface area contributed by atoms with E-state index in [1.165, 1.54) is 0 Å². The quantitative estimate of drug-likeness (QED) is 0.601. The van der Waals surface area contributed by atoms with Gasteiger partial charge in [0.05, 0.1) is 0 Å². The SMILES string of the molecule is CC(C)CNC(=O)NCC(C)CCO. The summed E-state index contributed by atoms with van der Waals surface area (Å²) in [7, 11) is 0. The zero-order valence-corrected chi connectivity index (χ0v) is 9.34. The molecule has 0 saturated heterocycles. The number of hydrogen-bond donors (Lipinski definition) is 3. The van der Waals surface area contributed by atoms with E-state index in [0.717, 1.165) is 6.42 Å². The number of aliphatic hydroxyl groups is 1. The monoisotopic (exact) mass is 202 g/mol. The maximum absolute atomic E-state index is 11.2. The molecule has 3 N–H and O–H groups in total. The first kappa shape index (κ1) is 13.2. The first-order chi connectivity index (χ1) is 6.56. The summed E-state index contributed by atoms with van der Waals surface area (Å²) in [6, 6.07) is -0.122. The molecule has 0 spiro atoms. The molecule has 2 amide bonds. The van der Waals surface area contributed by atoms with Crippen molar-refractivity contribution in [3.05, 3.63) is 0 Å². The highest BCUT2D eigenvalue weighted by atomic mass is 16.3. The fraction of sp³-hybridized carbons (Fsp3) is 0.900. The van der Waals surface area contributed by atoms with Gasteiger partial charge in [0, 0.05) is 19.7 Å². The Morgan fingerprint density at radius 1 is 1.21 bits per heavy atom. The molecule has 0 radical (unpaired) electrons. The van der Waals surface area contributed by atoms with E-state index in [1.54, 1.807) is 0 Å². The maximum Gasteiger partial charge on any atom is 0.314 e. The van der Waals surface area contributed by atoms with E-state index in [4.69, 9.17) is 5.11 Å². The van der Waals surface area contributed by atoms with Gasteiger partial charge in [-0.2, -0.15) is 0 Å². The lowest BCUT2D eigenvalue weighted by atomic mass is 10.1. The molecule has 4 heteroatoms. The first-order valence-corrected chi connectivity index (χ1v) is 5.18. The molecule has 0 bridgehead atoms. The Bertz CT molecular complexity index is 160. The van der Waals surface area contributed by atoms with Gasteiger partial charge in [-0.3, -0.25) is 0 Å². The average Bonchev–Trinajstić information content (AvgIpc) is 2.12. The molecule has 0 aliphatic carbocycles. The second-order valence-corrected chi connectivity index (χ2v) is 4.10. The van der Waals surface area contributed by atoms with E-state index >= 15 is 0 Å². The summed E-state index contributed by atoms with van der Waals surface area (Å²) in [4.78, 5) is 11.2. The second-order valence-electron chi connectivity index (χ2n) is 4.10. The van der Waals surface area contributed by atoms with Crippen LogP contribution in [0, 0.1) is 11.8 Å². The molecular weight excluding hydrogens is 180 g/mol. The van der Waals surface area contributed by atoms with Crippen molar-refractivity contribution in [1.82, 2.24) is 10.6 Å². The van der Waals surface area contributed by atoms with Gasteiger partial charge in [0.15, 0.2) is 0 Å². The van der Waals surface area contributed by atoms with Gasteiger partial charge >= 0.3 is 6.03 Å². The van der Waals surface area contributed by atoms with Crippen molar-refractivity contribution >= 4 is 6.03 Å². The smallest absolute Gasteiger partial charge is 0.314 e. The molecule has 0 aliphatic heterocycles. The van der Waals surface area contributed by atoms with Crippen molar-refractivity contribution in [1.29, 1.82) is 0 Å². The van der Waals surface area contributed by atoms with Crippen LogP contribution >= 0.6 is 0 Å². The Labute approximate surface area is 86.1 Å². The van der Waals surface area contributed by atoms with Gasteiger partial charge in [-0.05, 0) is 18.3 Å². The van der Waals surface area contributed by atoms with Crippen LogP contribution in [0.15, 0.2) is 0 Å². The molecule has 0 aromatic carbocycles. The Morgan fingerprint density at radius 3 is 2.29 bits per heavy atom. The molecule has 0 aromatic rings. The normalized spacial score (nSPS) is 12.6. The van der Waals surface area contributed by atoms with Gasteiger partial charge in [-0.1, -0.05) is 20.8 Å². The van der Waals surface area contributed by atoms with Crippen LogP contribution in [-0.2, 0) is 0 Å². The van der Waals surface area contributed by atoms with E-state index < -0.39 is 0 Å². The molecule has 0 rings (SSSR count). The lowest BCUT2D eigenvalue weighted by Gasteiger charge is -2.12. The van der Waals surface area contributed by atoms with Crippen LogP contribution in [0.25, 0.3) is 0 Å². The number of urea groups is 1. The van der Waals surface area contributed by atoms with E-state index in [1.807, 2.05) is 6.92 Å². The average molecular weight is 202 g/mol. The number of amides is 2. The predicted octanol–water partition coefficient (Wildman–Crippen LogP) is 0.960. The largest absolute Gasteiger partial charge is 0.396 e. The topological polar surface area (TPSA) is 61.4 Å². The fourth-order valence-electron chi connectivity index (χ4n) is 0.949. The summed E-state index contributed by atoms with van der Waals surface area (Å²) in [5, 5.41) is 14.2. The molecule has 84 valence electrons. The minimum Gasteiger partial charge on any atom is -0.396 e. The minimum atomic E-state index is -0.122. The van der Waals surface area contributed by atoms with Crippen LogP contribution < -0.4 is 10.6 Å². The van der Waals surface area contributed by atoms with Crippen molar-refractivity contribution in [2.45, 2.75) is 27.2 Å². The third kappa shape index (κ3) is 7.86. The second kappa shape index (κ2) is 7.62. The van der Waals surface area contributed by atoms with Gasteiger partial charge in [-0.25, -0.2) is 4.79 Å².